The molecule has 6 heteroatoms. The third kappa shape index (κ3) is 3.11. The number of rotatable bonds is 3. The zero-order valence-electron chi connectivity index (χ0n) is 9.99. The fraction of sp³-hybridized carbons (Fsp3) is 0.154. The first kappa shape index (κ1) is 14.8. The molecule has 0 saturated carbocycles. The number of pyridine rings is 1. The van der Waals surface area contributed by atoms with Crippen molar-refractivity contribution < 1.29 is 4.21 Å². The molecule has 0 aliphatic carbocycles. The Hall–Kier alpha value is -0.610. The van der Waals surface area contributed by atoms with Crippen molar-refractivity contribution in [3.05, 3.63) is 45.7 Å². The molecule has 1 aromatic carbocycles. The minimum atomic E-state index is -1.03. The molecule has 19 heavy (non-hydrogen) atoms. The lowest BCUT2D eigenvalue weighted by atomic mass is 10.1. The molecule has 1 aromatic heterocycles. The highest BCUT2D eigenvalue weighted by molar-refractivity contribution is 7.85. The quantitative estimate of drug-likeness (QED) is 0.752. The predicted octanol–water partition coefficient (Wildman–Crippen LogP) is 4.84. The van der Waals surface area contributed by atoms with Gasteiger partial charge in [-0.3, -0.25) is 4.21 Å². The molecule has 2 rings (SSSR count). The van der Waals surface area contributed by atoms with Crippen molar-refractivity contribution in [2.45, 2.75) is 11.8 Å². The first-order valence-corrected chi connectivity index (χ1v) is 7.98. The Bertz CT molecular complexity index is 646. The number of benzene rings is 1. The fourth-order valence-corrected chi connectivity index (χ4v) is 3.19. The van der Waals surface area contributed by atoms with Crippen molar-refractivity contribution in [3.8, 4) is 11.1 Å². The molecule has 1 atom stereocenters. The van der Waals surface area contributed by atoms with Crippen molar-refractivity contribution >= 4 is 45.6 Å². The topological polar surface area (TPSA) is 30.0 Å². The molecule has 2 aromatic rings. The van der Waals surface area contributed by atoms with Crippen molar-refractivity contribution in [3.63, 3.8) is 0 Å². The van der Waals surface area contributed by atoms with Crippen LogP contribution in [0, 0.1) is 0 Å². The number of hydrogen-bond acceptors (Lipinski definition) is 2. The summed E-state index contributed by atoms with van der Waals surface area (Å²) in [6.07, 6.45) is 1.45. The standard InChI is InChI=1S/C13H10Cl3NOS/c1-2-19(18)9-5-3-4-8(6-9)11-10(14)7-17-13(16)12(11)15/h3-7H,2H2,1H3. The Kier molecular flexibility index (Phi) is 4.85. The van der Waals surface area contributed by atoms with E-state index in [9.17, 15) is 4.21 Å². The first-order chi connectivity index (χ1) is 9.04. The Morgan fingerprint density at radius 2 is 2.00 bits per heavy atom. The van der Waals surface area contributed by atoms with Crippen LogP contribution in [0.2, 0.25) is 15.2 Å². The maximum Gasteiger partial charge on any atom is 0.148 e. The average molecular weight is 335 g/mol. The van der Waals surface area contributed by atoms with Crippen LogP contribution in [0.5, 0.6) is 0 Å². The van der Waals surface area contributed by atoms with Crippen LogP contribution in [0.4, 0.5) is 0 Å². The summed E-state index contributed by atoms with van der Waals surface area (Å²) in [5.74, 6) is 0.558. The molecule has 0 spiro atoms. The molecule has 100 valence electrons. The molecule has 0 fully saturated rings. The first-order valence-electron chi connectivity index (χ1n) is 5.53. The second-order valence-electron chi connectivity index (χ2n) is 3.75. The number of hydrogen-bond donors (Lipinski definition) is 0. The van der Waals surface area contributed by atoms with Gasteiger partial charge in [-0.25, -0.2) is 4.98 Å². The maximum absolute atomic E-state index is 11.8. The summed E-state index contributed by atoms with van der Waals surface area (Å²) in [5, 5.41) is 0.908. The van der Waals surface area contributed by atoms with Gasteiger partial charge in [-0.05, 0) is 17.7 Å². The molecule has 1 heterocycles. The van der Waals surface area contributed by atoms with Gasteiger partial charge < -0.3 is 0 Å². The van der Waals surface area contributed by atoms with Gasteiger partial charge in [0, 0.05) is 22.4 Å². The Balaban J connectivity index is 2.60. The molecular weight excluding hydrogens is 325 g/mol. The summed E-state index contributed by atoms with van der Waals surface area (Å²) in [7, 11) is -1.03. The summed E-state index contributed by atoms with van der Waals surface area (Å²) in [5.41, 5.74) is 1.39. The molecule has 0 bridgehead atoms. The SMILES string of the molecule is CCS(=O)c1cccc(-c2c(Cl)cnc(Cl)c2Cl)c1. The van der Waals surface area contributed by atoms with E-state index in [1.807, 2.05) is 31.2 Å². The smallest absolute Gasteiger partial charge is 0.148 e. The van der Waals surface area contributed by atoms with Gasteiger partial charge in [0.25, 0.3) is 0 Å². The largest absolute Gasteiger partial charge is 0.254 e. The van der Waals surface area contributed by atoms with E-state index in [4.69, 9.17) is 34.8 Å². The zero-order valence-corrected chi connectivity index (χ0v) is 13.1. The molecule has 2 nitrogen and oxygen atoms in total. The molecular formula is C13H10Cl3NOS. The van der Waals surface area contributed by atoms with Crippen LogP contribution < -0.4 is 0 Å². The number of nitrogens with zero attached hydrogens (tertiary/aromatic N) is 1. The van der Waals surface area contributed by atoms with Gasteiger partial charge in [-0.2, -0.15) is 0 Å². The summed E-state index contributed by atoms with van der Waals surface area (Å²) in [6.45, 7) is 1.87. The van der Waals surface area contributed by atoms with Crippen LogP contribution in [0.15, 0.2) is 35.4 Å². The number of halogens is 3. The van der Waals surface area contributed by atoms with Crippen molar-refractivity contribution in [1.29, 1.82) is 0 Å². The van der Waals surface area contributed by atoms with E-state index in [1.165, 1.54) is 6.20 Å². The van der Waals surface area contributed by atoms with Crippen molar-refractivity contribution in [2.24, 2.45) is 0 Å². The lowest BCUT2D eigenvalue weighted by molar-refractivity contribution is 0.684. The molecule has 0 radical (unpaired) electrons. The minimum Gasteiger partial charge on any atom is -0.254 e. The van der Waals surface area contributed by atoms with E-state index < -0.39 is 10.8 Å². The summed E-state index contributed by atoms with van der Waals surface area (Å²) in [6, 6.07) is 7.29. The van der Waals surface area contributed by atoms with Crippen LogP contribution in [0.25, 0.3) is 11.1 Å². The highest BCUT2D eigenvalue weighted by atomic mass is 35.5. The van der Waals surface area contributed by atoms with Gasteiger partial charge >= 0.3 is 0 Å². The Morgan fingerprint density at radius 3 is 2.68 bits per heavy atom. The van der Waals surface area contributed by atoms with E-state index in [1.54, 1.807) is 0 Å². The zero-order chi connectivity index (χ0) is 14.0. The van der Waals surface area contributed by atoms with E-state index >= 15 is 0 Å². The highest BCUT2D eigenvalue weighted by Crippen LogP contribution is 2.38. The predicted molar refractivity (Wildman–Crippen MR) is 81.7 cm³/mol. The van der Waals surface area contributed by atoms with Crippen molar-refractivity contribution in [1.82, 2.24) is 4.98 Å². The molecule has 0 amide bonds. The van der Waals surface area contributed by atoms with Gasteiger partial charge in [-0.1, -0.05) is 53.9 Å². The van der Waals surface area contributed by atoms with Crippen LogP contribution >= 0.6 is 34.8 Å². The minimum absolute atomic E-state index is 0.197. The van der Waals surface area contributed by atoms with Gasteiger partial charge in [0.15, 0.2) is 0 Å². The Labute approximate surface area is 129 Å². The van der Waals surface area contributed by atoms with Crippen LogP contribution in [0.3, 0.4) is 0 Å². The summed E-state index contributed by atoms with van der Waals surface area (Å²) >= 11 is 18.2. The van der Waals surface area contributed by atoms with Gasteiger partial charge in [0.1, 0.15) is 5.15 Å². The summed E-state index contributed by atoms with van der Waals surface area (Å²) in [4.78, 5) is 4.62. The third-order valence-electron chi connectivity index (χ3n) is 2.58. The second-order valence-corrected chi connectivity index (χ2v) is 6.63. The van der Waals surface area contributed by atoms with E-state index in [0.29, 0.717) is 21.4 Å². The molecule has 0 saturated heterocycles. The maximum atomic E-state index is 11.8. The van der Waals surface area contributed by atoms with E-state index in [-0.39, 0.29) is 5.15 Å². The lowest BCUT2D eigenvalue weighted by Gasteiger charge is -2.09. The average Bonchev–Trinajstić information content (AvgIpc) is 2.43. The summed E-state index contributed by atoms with van der Waals surface area (Å²) < 4.78 is 11.8. The van der Waals surface area contributed by atoms with Gasteiger partial charge in [0.05, 0.1) is 20.8 Å². The molecule has 1 unspecified atom stereocenters. The van der Waals surface area contributed by atoms with Crippen molar-refractivity contribution in [2.75, 3.05) is 5.75 Å². The fourth-order valence-electron chi connectivity index (χ4n) is 1.67. The highest BCUT2D eigenvalue weighted by Gasteiger charge is 2.14. The lowest BCUT2D eigenvalue weighted by Crippen LogP contribution is -1.94. The molecule has 0 N–H and O–H groups in total. The molecule has 0 aliphatic heterocycles. The van der Waals surface area contributed by atoms with Gasteiger partial charge in [-0.15, -0.1) is 0 Å². The van der Waals surface area contributed by atoms with Gasteiger partial charge in [0.2, 0.25) is 0 Å². The van der Waals surface area contributed by atoms with E-state index in [0.717, 1.165) is 10.5 Å². The monoisotopic (exact) mass is 333 g/mol. The third-order valence-corrected chi connectivity index (χ3v) is 4.92. The van der Waals surface area contributed by atoms with E-state index in [2.05, 4.69) is 4.98 Å². The van der Waals surface area contributed by atoms with Crippen LogP contribution in [-0.2, 0) is 10.8 Å². The molecule has 0 aliphatic rings. The van der Waals surface area contributed by atoms with Crippen LogP contribution in [0.1, 0.15) is 6.92 Å². The second kappa shape index (κ2) is 6.23. The normalized spacial score (nSPS) is 12.4. The van der Waals surface area contributed by atoms with Crippen LogP contribution in [-0.4, -0.2) is 14.9 Å². The Morgan fingerprint density at radius 1 is 1.26 bits per heavy atom. The number of aromatic nitrogens is 1.